The van der Waals surface area contributed by atoms with Crippen molar-refractivity contribution in [3.63, 3.8) is 0 Å². The maximum absolute atomic E-state index is 12.6. The minimum Gasteiger partial charge on any atom is -0.379 e. The number of carbonyl (C=O) groups is 1. The minimum absolute atomic E-state index is 0.0330. The molecule has 2 aliphatic rings. The summed E-state index contributed by atoms with van der Waals surface area (Å²) in [6, 6.07) is 8.95. The quantitative estimate of drug-likeness (QED) is 0.807. The number of hydrogen-bond acceptors (Lipinski definition) is 4. The number of ether oxygens (including phenoxy) is 2. The van der Waals surface area contributed by atoms with E-state index < -0.39 is 0 Å². The van der Waals surface area contributed by atoms with Crippen LogP contribution in [-0.4, -0.2) is 49.8 Å². The van der Waals surface area contributed by atoms with Gasteiger partial charge in [0.25, 0.3) is 5.91 Å². The summed E-state index contributed by atoms with van der Waals surface area (Å²) in [5, 5.41) is 8.92. The molecular weight excluding hydrogens is 256 g/mol. The zero-order valence-electron chi connectivity index (χ0n) is 11.3. The van der Waals surface area contributed by atoms with E-state index in [-0.39, 0.29) is 24.0 Å². The molecule has 0 aliphatic carbocycles. The van der Waals surface area contributed by atoms with Gasteiger partial charge in [0.2, 0.25) is 0 Å². The van der Waals surface area contributed by atoms with Gasteiger partial charge in [-0.1, -0.05) is 6.07 Å². The number of rotatable bonds is 2. The van der Waals surface area contributed by atoms with Crippen LogP contribution in [0.1, 0.15) is 15.9 Å². The third-order valence-electron chi connectivity index (χ3n) is 4.15. The number of methoxy groups -OCH3 is 1. The summed E-state index contributed by atoms with van der Waals surface area (Å²) < 4.78 is 10.9. The summed E-state index contributed by atoms with van der Waals surface area (Å²) in [7, 11) is 1.67. The topological polar surface area (TPSA) is 62.6 Å². The SMILES string of the molecule is CO[C@H]1CN(C(=O)c2cccc(C#N)c2)[C@@H]2COC[C@H]12. The minimum atomic E-state index is -0.0536. The van der Waals surface area contributed by atoms with Gasteiger partial charge in [0.15, 0.2) is 0 Å². The maximum atomic E-state index is 12.6. The van der Waals surface area contributed by atoms with Gasteiger partial charge in [0.05, 0.1) is 37.0 Å². The lowest BCUT2D eigenvalue weighted by Crippen LogP contribution is -2.38. The van der Waals surface area contributed by atoms with Gasteiger partial charge < -0.3 is 14.4 Å². The first kappa shape index (κ1) is 13.1. The van der Waals surface area contributed by atoms with Gasteiger partial charge in [0.1, 0.15) is 0 Å². The van der Waals surface area contributed by atoms with Crippen LogP contribution in [0.4, 0.5) is 0 Å². The van der Waals surface area contributed by atoms with Gasteiger partial charge in [-0.25, -0.2) is 0 Å². The van der Waals surface area contributed by atoms with E-state index in [2.05, 4.69) is 6.07 Å². The highest BCUT2D eigenvalue weighted by molar-refractivity contribution is 5.95. The molecule has 2 saturated heterocycles. The van der Waals surface area contributed by atoms with E-state index in [1.807, 2.05) is 4.90 Å². The Kier molecular flexibility index (Phi) is 3.43. The molecule has 0 N–H and O–H groups in total. The summed E-state index contributed by atoms with van der Waals surface area (Å²) in [4.78, 5) is 14.4. The summed E-state index contributed by atoms with van der Waals surface area (Å²) >= 11 is 0. The molecule has 0 aromatic heterocycles. The van der Waals surface area contributed by atoms with Crippen molar-refractivity contribution in [1.29, 1.82) is 5.26 Å². The summed E-state index contributed by atoms with van der Waals surface area (Å²) in [6.45, 7) is 1.80. The van der Waals surface area contributed by atoms with Crippen LogP contribution in [0.25, 0.3) is 0 Å². The Bertz CT molecular complexity index is 566. The number of amides is 1. The molecule has 1 aromatic rings. The molecule has 104 valence electrons. The van der Waals surface area contributed by atoms with Crippen LogP contribution in [0.2, 0.25) is 0 Å². The van der Waals surface area contributed by atoms with Crippen molar-refractivity contribution in [3.05, 3.63) is 35.4 Å². The molecular formula is C15H16N2O3. The maximum Gasteiger partial charge on any atom is 0.254 e. The monoisotopic (exact) mass is 272 g/mol. The first-order valence-corrected chi connectivity index (χ1v) is 6.66. The van der Waals surface area contributed by atoms with E-state index in [0.717, 1.165) is 0 Å². The van der Waals surface area contributed by atoms with E-state index in [0.29, 0.717) is 30.9 Å². The smallest absolute Gasteiger partial charge is 0.254 e. The predicted octanol–water partition coefficient (Wildman–Crippen LogP) is 1.04. The first-order valence-electron chi connectivity index (χ1n) is 6.66. The third-order valence-corrected chi connectivity index (χ3v) is 4.15. The molecule has 20 heavy (non-hydrogen) atoms. The summed E-state index contributed by atoms with van der Waals surface area (Å²) in [5.41, 5.74) is 1.05. The van der Waals surface area contributed by atoms with Crippen molar-refractivity contribution in [2.75, 3.05) is 26.9 Å². The average molecular weight is 272 g/mol. The van der Waals surface area contributed by atoms with Gasteiger partial charge in [-0.3, -0.25) is 4.79 Å². The molecule has 2 fully saturated rings. The summed E-state index contributed by atoms with van der Waals surface area (Å²) in [6.07, 6.45) is 0.0330. The lowest BCUT2D eigenvalue weighted by atomic mass is 10.0. The number of fused-ring (bicyclic) bond motifs is 1. The Morgan fingerprint density at radius 1 is 1.50 bits per heavy atom. The van der Waals surface area contributed by atoms with Gasteiger partial charge in [-0.2, -0.15) is 5.26 Å². The number of nitriles is 1. The molecule has 2 heterocycles. The molecule has 0 spiro atoms. The Hall–Kier alpha value is -1.90. The van der Waals surface area contributed by atoms with Gasteiger partial charge in [-0.15, -0.1) is 0 Å². The second-order valence-electron chi connectivity index (χ2n) is 5.19. The van der Waals surface area contributed by atoms with E-state index in [9.17, 15) is 4.79 Å². The van der Waals surface area contributed by atoms with E-state index in [4.69, 9.17) is 14.7 Å². The van der Waals surface area contributed by atoms with Gasteiger partial charge in [-0.05, 0) is 18.2 Å². The van der Waals surface area contributed by atoms with E-state index in [1.165, 1.54) is 0 Å². The Labute approximate surface area is 117 Å². The molecule has 5 heteroatoms. The van der Waals surface area contributed by atoms with Crippen LogP contribution in [0.3, 0.4) is 0 Å². The van der Waals surface area contributed by atoms with Crippen molar-refractivity contribution >= 4 is 5.91 Å². The number of benzene rings is 1. The van der Waals surface area contributed by atoms with Crippen LogP contribution in [-0.2, 0) is 9.47 Å². The molecule has 5 nitrogen and oxygen atoms in total. The van der Waals surface area contributed by atoms with Crippen molar-refractivity contribution in [3.8, 4) is 6.07 Å². The highest BCUT2D eigenvalue weighted by Gasteiger charge is 2.47. The lowest BCUT2D eigenvalue weighted by molar-refractivity contribution is 0.0479. The zero-order valence-corrected chi connectivity index (χ0v) is 11.3. The molecule has 1 aromatic carbocycles. The Morgan fingerprint density at radius 3 is 3.10 bits per heavy atom. The molecule has 3 atom stereocenters. The number of likely N-dealkylation sites (tertiary alicyclic amines) is 1. The highest BCUT2D eigenvalue weighted by atomic mass is 16.5. The molecule has 0 radical (unpaired) electrons. The molecule has 2 aliphatic heterocycles. The fourth-order valence-corrected chi connectivity index (χ4v) is 3.07. The number of carbonyl (C=O) groups excluding carboxylic acids is 1. The predicted molar refractivity (Wildman–Crippen MR) is 71.1 cm³/mol. The fourth-order valence-electron chi connectivity index (χ4n) is 3.07. The molecule has 3 rings (SSSR count). The largest absolute Gasteiger partial charge is 0.379 e. The highest BCUT2D eigenvalue weighted by Crippen LogP contribution is 2.32. The van der Waals surface area contributed by atoms with Crippen molar-refractivity contribution in [1.82, 2.24) is 4.90 Å². The Balaban J connectivity index is 1.85. The van der Waals surface area contributed by atoms with Crippen molar-refractivity contribution < 1.29 is 14.3 Å². The summed E-state index contributed by atoms with van der Waals surface area (Å²) in [5.74, 6) is 0.199. The second kappa shape index (κ2) is 5.23. The van der Waals surface area contributed by atoms with Crippen LogP contribution in [0, 0.1) is 17.2 Å². The number of hydrogen-bond donors (Lipinski definition) is 0. The van der Waals surface area contributed by atoms with Gasteiger partial charge in [0, 0.05) is 25.1 Å². The molecule has 1 amide bonds. The second-order valence-corrected chi connectivity index (χ2v) is 5.19. The molecule has 0 bridgehead atoms. The fraction of sp³-hybridized carbons (Fsp3) is 0.467. The lowest BCUT2D eigenvalue weighted by Gasteiger charge is -2.22. The third kappa shape index (κ3) is 2.07. The van der Waals surface area contributed by atoms with Gasteiger partial charge >= 0.3 is 0 Å². The van der Waals surface area contributed by atoms with Crippen LogP contribution < -0.4 is 0 Å². The number of nitrogens with zero attached hydrogens (tertiary/aromatic N) is 2. The van der Waals surface area contributed by atoms with Crippen molar-refractivity contribution in [2.45, 2.75) is 12.1 Å². The average Bonchev–Trinajstić information content (AvgIpc) is 3.08. The van der Waals surface area contributed by atoms with Crippen LogP contribution in [0.15, 0.2) is 24.3 Å². The standard InChI is InChI=1S/C15H16N2O3/c1-19-14-7-17(13-9-20-8-12(13)14)15(18)11-4-2-3-10(5-11)6-16/h2-5,12-14H,7-9H2,1H3/t12-,13+,14-/m0/s1. The Morgan fingerprint density at radius 2 is 2.35 bits per heavy atom. The van der Waals surface area contributed by atoms with E-state index >= 15 is 0 Å². The molecule has 0 unspecified atom stereocenters. The van der Waals surface area contributed by atoms with Crippen molar-refractivity contribution in [2.24, 2.45) is 5.92 Å². The molecule has 0 saturated carbocycles. The first-order chi connectivity index (χ1) is 9.74. The zero-order chi connectivity index (χ0) is 14.1. The van der Waals surface area contributed by atoms with Crippen LogP contribution >= 0.6 is 0 Å². The van der Waals surface area contributed by atoms with Crippen LogP contribution in [0.5, 0.6) is 0 Å². The normalized spacial score (nSPS) is 28.2. The van der Waals surface area contributed by atoms with E-state index in [1.54, 1.807) is 31.4 Å².